The van der Waals surface area contributed by atoms with E-state index in [-0.39, 0.29) is 6.61 Å². The summed E-state index contributed by atoms with van der Waals surface area (Å²) in [4.78, 5) is 2.21. The van der Waals surface area contributed by atoms with Crippen LogP contribution >= 0.6 is 0 Å². The van der Waals surface area contributed by atoms with Crippen LogP contribution in [0.3, 0.4) is 0 Å². The second-order valence-electron chi connectivity index (χ2n) is 4.92. The lowest BCUT2D eigenvalue weighted by molar-refractivity contribution is -0.0265. The Labute approximate surface area is 113 Å². The van der Waals surface area contributed by atoms with Gasteiger partial charge in [-0.25, -0.2) is 0 Å². The second-order valence-corrected chi connectivity index (χ2v) is 4.92. The summed E-state index contributed by atoms with van der Waals surface area (Å²) >= 11 is 0. The standard InChI is InChI=1S/C14H22N2O3/c1-11-9-18-7-6-16(11)8-12(17)10-19-14-5-3-2-4-13(14)15/h2-5,11-12,17H,6-10,15H2,1H3. The smallest absolute Gasteiger partial charge is 0.142 e. The maximum absolute atomic E-state index is 10.0. The van der Waals surface area contributed by atoms with Crippen LogP contribution in [-0.2, 0) is 4.74 Å². The molecular weight excluding hydrogens is 244 g/mol. The molecule has 1 heterocycles. The third-order valence-corrected chi connectivity index (χ3v) is 3.30. The van der Waals surface area contributed by atoms with Crippen molar-refractivity contribution in [1.82, 2.24) is 4.90 Å². The maximum Gasteiger partial charge on any atom is 0.142 e. The Bertz CT molecular complexity index is 400. The van der Waals surface area contributed by atoms with E-state index in [0.29, 0.717) is 24.0 Å². The number of nitrogen functional groups attached to an aromatic ring is 1. The number of hydrogen-bond donors (Lipinski definition) is 2. The van der Waals surface area contributed by atoms with Gasteiger partial charge in [-0.1, -0.05) is 12.1 Å². The van der Waals surface area contributed by atoms with Crippen LogP contribution in [0.15, 0.2) is 24.3 Å². The van der Waals surface area contributed by atoms with Crippen molar-refractivity contribution in [1.29, 1.82) is 0 Å². The predicted octanol–water partition coefficient (Wildman–Crippen LogP) is 0.729. The first-order chi connectivity index (χ1) is 9.16. The zero-order valence-corrected chi connectivity index (χ0v) is 11.3. The van der Waals surface area contributed by atoms with E-state index in [1.54, 1.807) is 12.1 Å². The molecule has 2 unspecified atom stereocenters. The molecule has 1 fully saturated rings. The zero-order valence-electron chi connectivity index (χ0n) is 11.3. The first-order valence-corrected chi connectivity index (χ1v) is 6.64. The van der Waals surface area contributed by atoms with Gasteiger partial charge in [-0.3, -0.25) is 4.90 Å². The molecule has 1 aliphatic rings. The lowest BCUT2D eigenvalue weighted by Crippen LogP contribution is -2.47. The average Bonchev–Trinajstić information content (AvgIpc) is 2.40. The van der Waals surface area contributed by atoms with Gasteiger partial charge in [0.2, 0.25) is 0 Å². The topological polar surface area (TPSA) is 68.0 Å². The third kappa shape index (κ3) is 4.09. The molecular formula is C14H22N2O3. The van der Waals surface area contributed by atoms with Crippen molar-refractivity contribution in [2.45, 2.75) is 19.1 Å². The SMILES string of the molecule is CC1COCCN1CC(O)COc1ccccc1N. The van der Waals surface area contributed by atoms with E-state index in [1.807, 2.05) is 12.1 Å². The van der Waals surface area contributed by atoms with Gasteiger partial charge in [0, 0.05) is 19.1 Å². The number of ether oxygens (including phenoxy) is 2. The van der Waals surface area contributed by atoms with Crippen molar-refractivity contribution in [3.63, 3.8) is 0 Å². The summed E-state index contributed by atoms with van der Waals surface area (Å²) in [7, 11) is 0. The van der Waals surface area contributed by atoms with E-state index >= 15 is 0 Å². The van der Waals surface area contributed by atoms with Crippen molar-refractivity contribution < 1.29 is 14.6 Å². The highest BCUT2D eigenvalue weighted by atomic mass is 16.5. The van der Waals surface area contributed by atoms with E-state index in [4.69, 9.17) is 15.2 Å². The number of para-hydroxylation sites is 2. The van der Waals surface area contributed by atoms with Gasteiger partial charge in [0.15, 0.2) is 0 Å². The summed E-state index contributed by atoms with van der Waals surface area (Å²) < 4.78 is 10.9. The van der Waals surface area contributed by atoms with Crippen LogP contribution in [0.4, 0.5) is 5.69 Å². The fourth-order valence-corrected chi connectivity index (χ4v) is 2.15. The van der Waals surface area contributed by atoms with Gasteiger partial charge in [0.25, 0.3) is 0 Å². The van der Waals surface area contributed by atoms with Crippen LogP contribution in [0.5, 0.6) is 5.75 Å². The molecule has 0 aliphatic carbocycles. The Balaban J connectivity index is 1.78. The molecule has 0 radical (unpaired) electrons. The van der Waals surface area contributed by atoms with Crippen molar-refractivity contribution in [3.8, 4) is 5.75 Å². The molecule has 1 aromatic rings. The van der Waals surface area contributed by atoms with Gasteiger partial charge < -0.3 is 20.3 Å². The average molecular weight is 266 g/mol. The number of hydrogen-bond acceptors (Lipinski definition) is 5. The Morgan fingerprint density at radius 3 is 3.05 bits per heavy atom. The Morgan fingerprint density at radius 2 is 2.32 bits per heavy atom. The minimum atomic E-state index is -0.528. The molecule has 5 nitrogen and oxygen atoms in total. The molecule has 2 rings (SSSR count). The first kappa shape index (κ1) is 14.1. The van der Waals surface area contributed by atoms with Gasteiger partial charge in [-0.15, -0.1) is 0 Å². The van der Waals surface area contributed by atoms with Crippen molar-refractivity contribution in [2.75, 3.05) is 38.6 Å². The molecule has 2 atom stereocenters. The highest BCUT2D eigenvalue weighted by Gasteiger charge is 2.21. The van der Waals surface area contributed by atoms with Gasteiger partial charge in [0.05, 0.1) is 18.9 Å². The highest BCUT2D eigenvalue weighted by molar-refractivity contribution is 5.51. The number of morpholine rings is 1. The van der Waals surface area contributed by atoms with E-state index in [9.17, 15) is 5.11 Å². The molecule has 0 aromatic heterocycles. The number of anilines is 1. The number of aliphatic hydroxyl groups excluding tert-OH is 1. The quantitative estimate of drug-likeness (QED) is 0.769. The molecule has 1 aromatic carbocycles. The molecule has 0 spiro atoms. The van der Waals surface area contributed by atoms with Crippen molar-refractivity contribution >= 4 is 5.69 Å². The summed E-state index contributed by atoms with van der Waals surface area (Å²) in [5.74, 6) is 0.622. The van der Waals surface area contributed by atoms with Gasteiger partial charge in [-0.05, 0) is 19.1 Å². The summed E-state index contributed by atoms with van der Waals surface area (Å²) in [5.41, 5.74) is 6.37. The van der Waals surface area contributed by atoms with Crippen LogP contribution in [0.25, 0.3) is 0 Å². The van der Waals surface area contributed by atoms with Gasteiger partial charge in [-0.2, -0.15) is 0 Å². The minimum Gasteiger partial charge on any atom is -0.489 e. The lowest BCUT2D eigenvalue weighted by atomic mass is 10.2. The molecule has 1 aliphatic heterocycles. The van der Waals surface area contributed by atoms with Crippen LogP contribution in [0.1, 0.15) is 6.92 Å². The minimum absolute atomic E-state index is 0.248. The monoisotopic (exact) mass is 266 g/mol. The van der Waals surface area contributed by atoms with E-state index < -0.39 is 6.10 Å². The number of benzene rings is 1. The summed E-state index contributed by atoms with van der Waals surface area (Å²) in [6, 6.07) is 7.65. The number of aliphatic hydroxyl groups is 1. The maximum atomic E-state index is 10.0. The largest absolute Gasteiger partial charge is 0.489 e. The third-order valence-electron chi connectivity index (χ3n) is 3.30. The molecule has 0 saturated carbocycles. The first-order valence-electron chi connectivity index (χ1n) is 6.64. The molecule has 5 heteroatoms. The molecule has 1 saturated heterocycles. The second kappa shape index (κ2) is 6.75. The normalized spacial score (nSPS) is 22.1. The van der Waals surface area contributed by atoms with E-state index in [0.717, 1.165) is 19.8 Å². The van der Waals surface area contributed by atoms with Gasteiger partial charge in [0.1, 0.15) is 18.5 Å². The Hall–Kier alpha value is -1.30. The molecule has 0 amide bonds. The van der Waals surface area contributed by atoms with Gasteiger partial charge >= 0.3 is 0 Å². The van der Waals surface area contributed by atoms with Crippen molar-refractivity contribution in [2.24, 2.45) is 0 Å². The predicted molar refractivity (Wildman–Crippen MR) is 74.2 cm³/mol. The number of nitrogens with two attached hydrogens (primary N) is 1. The van der Waals surface area contributed by atoms with Crippen LogP contribution in [0.2, 0.25) is 0 Å². The summed E-state index contributed by atoms with van der Waals surface area (Å²) in [6.45, 7) is 5.24. The number of rotatable bonds is 5. The summed E-state index contributed by atoms with van der Waals surface area (Å²) in [6.07, 6.45) is -0.528. The van der Waals surface area contributed by atoms with Crippen molar-refractivity contribution in [3.05, 3.63) is 24.3 Å². The van der Waals surface area contributed by atoms with E-state index in [1.165, 1.54) is 0 Å². The fraction of sp³-hybridized carbons (Fsp3) is 0.571. The highest BCUT2D eigenvalue weighted by Crippen LogP contribution is 2.19. The fourth-order valence-electron chi connectivity index (χ4n) is 2.15. The van der Waals surface area contributed by atoms with Crippen LogP contribution in [-0.4, -0.2) is 55.1 Å². The zero-order chi connectivity index (χ0) is 13.7. The van der Waals surface area contributed by atoms with Crippen LogP contribution in [0, 0.1) is 0 Å². The molecule has 0 bridgehead atoms. The lowest BCUT2D eigenvalue weighted by Gasteiger charge is -2.34. The van der Waals surface area contributed by atoms with E-state index in [2.05, 4.69) is 11.8 Å². The molecule has 106 valence electrons. The number of β-amino-alcohol motifs (C(OH)–C–C–N with tert-alkyl or cyclic N) is 1. The summed E-state index contributed by atoms with van der Waals surface area (Å²) in [5, 5.41) is 10.0. The Kier molecular flexibility index (Phi) is 5.01. The molecule has 19 heavy (non-hydrogen) atoms. The Morgan fingerprint density at radius 1 is 1.53 bits per heavy atom. The molecule has 3 N–H and O–H groups in total. The number of nitrogens with zero attached hydrogens (tertiary/aromatic N) is 1. The van der Waals surface area contributed by atoms with Crippen LogP contribution < -0.4 is 10.5 Å².